The minimum Gasteiger partial charge on any atom is -0.460 e. The van der Waals surface area contributed by atoms with Gasteiger partial charge in [-0.1, -0.05) is 76.1 Å². The standard InChI is InChI=1S/C26H42N2O3/c1-7-13-21(23(29)28-27)19-26(6,18-8-2)22(24(30)31-25(3,4)5)17-12-16-20-14-10-9-11-15-20/h9-12,14-16,21-22H,7-8,13,17-19,27H2,1-6H3,(H,28,29)/t21?,22-,26+/m1/s1. The van der Waals surface area contributed by atoms with Crippen LogP contribution in [0.4, 0.5) is 0 Å². The molecule has 1 aromatic rings. The third-order valence-corrected chi connectivity index (χ3v) is 5.70. The summed E-state index contributed by atoms with van der Waals surface area (Å²) in [6.45, 7) is 12.0. The highest BCUT2D eigenvalue weighted by Crippen LogP contribution is 2.43. The highest BCUT2D eigenvalue weighted by atomic mass is 16.6. The smallest absolute Gasteiger partial charge is 0.310 e. The topological polar surface area (TPSA) is 81.4 Å². The van der Waals surface area contributed by atoms with Crippen LogP contribution >= 0.6 is 0 Å². The van der Waals surface area contributed by atoms with Gasteiger partial charge in [-0.2, -0.15) is 0 Å². The molecule has 0 aliphatic heterocycles. The lowest BCUT2D eigenvalue weighted by molar-refractivity contribution is -0.166. The molecule has 31 heavy (non-hydrogen) atoms. The van der Waals surface area contributed by atoms with Crippen LogP contribution in [0, 0.1) is 17.3 Å². The highest BCUT2D eigenvalue weighted by Gasteiger charge is 2.42. The van der Waals surface area contributed by atoms with Gasteiger partial charge >= 0.3 is 5.97 Å². The molecule has 1 unspecified atom stereocenters. The van der Waals surface area contributed by atoms with E-state index in [1.54, 1.807) is 0 Å². The molecule has 3 N–H and O–H groups in total. The average Bonchev–Trinajstić information content (AvgIpc) is 2.69. The third kappa shape index (κ3) is 9.26. The molecule has 0 aliphatic rings. The molecule has 5 heteroatoms. The number of rotatable bonds is 12. The predicted molar refractivity (Wildman–Crippen MR) is 128 cm³/mol. The zero-order chi connectivity index (χ0) is 23.5. The van der Waals surface area contributed by atoms with Crippen LogP contribution in [0.3, 0.4) is 0 Å². The Morgan fingerprint density at radius 1 is 1.10 bits per heavy atom. The van der Waals surface area contributed by atoms with Gasteiger partial charge in [0.15, 0.2) is 0 Å². The molecular formula is C26H42N2O3. The fraction of sp³-hybridized carbons (Fsp3) is 0.615. The monoisotopic (exact) mass is 430 g/mol. The van der Waals surface area contributed by atoms with Crippen LogP contribution in [0.5, 0.6) is 0 Å². The number of esters is 1. The summed E-state index contributed by atoms with van der Waals surface area (Å²) in [6.07, 6.45) is 8.61. The number of allylic oxidation sites excluding steroid dienone is 1. The highest BCUT2D eigenvalue weighted by molar-refractivity contribution is 5.78. The largest absolute Gasteiger partial charge is 0.460 e. The van der Waals surface area contributed by atoms with Gasteiger partial charge in [0.2, 0.25) is 5.91 Å². The average molecular weight is 431 g/mol. The van der Waals surface area contributed by atoms with Crippen molar-refractivity contribution in [3.05, 3.63) is 42.0 Å². The summed E-state index contributed by atoms with van der Waals surface area (Å²) in [5, 5.41) is 0. The number of hydrogen-bond donors (Lipinski definition) is 2. The molecule has 0 spiro atoms. The van der Waals surface area contributed by atoms with E-state index in [0.717, 1.165) is 31.2 Å². The van der Waals surface area contributed by atoms with Gasteiger partial charge in [0.05, 0.1) is 5.92 Å². The van der Waals surface area contributed by atoms with Crippen molar-refractivity contribution in [3.8, 4) is 0 Å². The van der Waals surface area contributed by atoms with Gasteiger partial charge in [-0.05, 0) is 57.4 Å². The number of hydrogen-bond acceptors (Lipinski definition) is 4. The first kappa shape index (κ1) is 26.9. The number of nitrogens with one attached hydrogen (secondary N) is 1. The molecule has 0 aromatic heterocycles. The van der Waals surface area contributed by atoms with Gasteiger partial charge in [-0.3, -0.25) is 15.0 Å². The molecule has 174 valence electrons. The minimum absolute atomic E-state index is 0.160. The van der Waals surface area contributed by atoms with Crippen LogP contribution in [0.25, 0.3) is 6.08 Å². The van der Waals surface area contributed by atoms with Crippen LogP contribution in [0.15, 0.2) is 36.4 Å². The van der Waals surface area contributed by atoms with Crippen molar-refractivity contribution in [3.63, 3.8) is 0 Å². The molecule has 0 radical (unpaired) electrons. The van der Waals surface area contributed by atoms with Crippen molar-refractivity contribution in [2.24, 2.45) is 23.1 Å². The van der Waals surface area contributed by atoms with Crippen molar-refractivity contribution < 1.29 is 14.3 Å². The van der Waals surface area contributed by atoms with E-state index in [4.69, 9.17) is 10.6 Å². The maximum absolute atomic E-state index is 13.3. The van der Waals surface area contributed by atoms with Gasteiger partial charge in [0.1, 0.15) is 5.60 Å². The van der Waals surface area contributed by atoms with Gasteiger partial charge < -0.3 is 4.74 Å². The van der Waals surface area contributed by atoms with Gasteiger partial charge in [0, 0.05) is 5.92 Å². The van der Waals surface area contributed by atoms with Gasteiger partial charge in [-0.25, -0.2) is 5.84 Å². The summed E-state index contributed by atoms with van der Waals surface area (Å²) >= 11 is 0. The number of ether oxygens (including phenoxy) is 1. The first-order valence-corrected chi connectivity index (χ1v) is 11.5. The molecule has 3 atom stereocenters. The summed E-state index contributed by atoms with van der Waals surface area (Å²) in [4.78, 5) is 25.8. The van der Waals surface area contributed by atoms with E-state index < -0.39 is 5.60 Å². The van der Waals surface area contributed by atoms with Crippen LogP contribution in [0.2, 0.25) is 0 Å². The quantitative estimate of drug-likeness (QED) is 0.194. The van der Waals surface area contributed by atoms with Crippen LogP contribution < -0.4 is 11.3 Å². The number of nitrogens with two attached hydrogens (primary N) is 1. The van der Waals surface area contributed by atoms with Crippen molar-refractivity contribution in [1.82, 2.24) is 5.43 Å². The third-order valence-electron chi connectivity index (χ3n) is 5.70. The molecule has 0 fully saturated rings. The Kier molecular flexibility index (Phi) is 11.0. The summed E-state index contributed by atoms with van der Waals surface area (Å²) in [7, 11) is 0. The predicted octanol–water partition coefficient (Wildman–Crippen LogP) is 5.65. The van der Waals surface area contributed by atoms with Gasteiger partial charge in [-0.15, -0.1) is 0 Å². The van der Waals surface area contributed by atoms with E-state index >= 15 is 0 Å². The minimum atomic E-state index is -0.566. The maximum Gasteiger partial charge on any atom is 0.310 e. The van der Waals surface area contributed by atoms with Crippen molar-refractivity contribution in [2.45, 2.75) is 85.7 Å². The molecule has 1 rings (SSSR count). The maximum atomic E-state index is 13.3. The first-order chi connectivity index (χ1) is 14.6. The number of amides is 1. The Morgan fingerprint density at radius 3 is 2.26 bits per heavy atom. The molecule has 0 bridgehead atoms. The lowest BCUT2D eigenvalue weighted by Gasteiger charge is -2.39. The molecule has 1 aromatic carbocycles. The van der Waals surface area contributed by atoms with Gasteiger partial charge in [0.25, 0.3) is 0 Å². The van der Waals surface area contributed by atoms with Crippen LogP contribution in [-0.4, -0.2) is 17.5 Å². The van der Waals surface area contributed by atoms with E-state index in [0.29, 0.717) is 12.8 Å². The fourth-order valence-electron chi connectivity index (χ4n) is 4.29. The Labute approximate surface area is 188 Å². The number of benzene rings is 1. The Bertz CT molecular complexity index is 709. The van der Waals surface area contributed by atoms with Crippen LogP contribution in [0.1, 0.15) is 85.6 Å². The summed E-state index contributed by atoms with van der Waals surface area (Å²) in [5.74, 6) is 4.52. The Hall–Kier alpha value is -2.14. The molecule has 0 heterocycles. The molecule has 0 aliphatic carbocycles. The Balaban J connectivity index is 3.24. The van der Waals surface area contributed by atoms with E-state index in [2.05, 4.69) is 32.3 Å². The van der Waals surface area contributed by atoms with Crippen molar-refractivity contribution in [2.75, 3.05) is 0 Å². The summed E-state index contributed by atoms with van der Waals surface area (Å²) < 4.78 is 5.83. The lowest BCUT2D eigenvalue weighted by Crippen LogP contribution is -2.43. The zero-order valence-corrected chi connectivity index (χ0v) is 20.2. The Morgan fingerprint density at radius 2 is 1.74 bits per heavy atom. The molecule has 0 saturated carbocycles. The lowest BCUT2D eigenvalue weighted by atomic mass is 9.66. The number of hydrazine groups is 1. The summed E-state index contributed by atoms with van der Waals surface area (Å²) in [6, 6.07) is 10.0. The molecule has 0 saturated heterocycles. The molecule has 1 amide bonds. The summed E-state index contributed by atoms with van der Waals surface area (Å²) in [5.41, 5.74) is 2.46. The fourth-order valence-corrected chi connectivity index (χ4v) is 4.29. The van der Waals surface area contributed by atoms with Crippen LogP contribution in [-0.2, 0) is 14.3 Å². The van der Waals surface area contributed by atoms with E-state index in [1.807, 2.05) is 57.2 Å². The van der Waals surface area contributed by atoms with E-state index in [9.17, 15) is 9.59 Å². The second-order valence-corrected chi connectivity index (χ2v) is 9.74. The SMILES string of the molecule is CCCC(C[C@](C)(CCC)[C@H](CC=Cc1ccccc1)C(=O)OC(C)(C)C)C(=O)NN. The normalized spacial score (nSPS) is 15.8. The number of carbonyl (C=O) groups is 2. The van der Waals surface area contributed by atoms with Crippen molar-refractivity contribution >= 4 is 18.0 Å². The second-order valence-electron chi connectivity index (χ2n) is 9.74. The second kappa shape index (κ2) is 12.7. The van der Waals surface area contributed by atoms with Crippen molar-refractivity contribution in [1.29, 1.82) is 0 Å². The number of carbonyl (C=O) groups excluding carboxylic acids is 2. The van der Waals surface area contributed by atoms with E-state index in [1.165, 1.54) is 0 Å². The zero-order valence-electron chi connectivity index (χ0n) is 20.2. The first-order valence-electron chi connectivity index (χ1n) is 11.5. The molecule has 5 nitrogen and oxygen atoms in total. The van der Waals surface area contributed by atoms with E-state index in [-0.39, 0.29) is 29.1 Å². The molecular weight excluding hydrogens is 388 g/mol.